The molecular formula is C23H24FNO4. The van der Waals surface area contributed by atoms with E-state index < -0.39 is 11.6 Å². The molecule has 0 atom stereocenters. The molecule has 0 N–H and O–H groups in total. The van der Waals surface area contributed by atoms with Gasteiger partial charge in [0.05, 0.1) is 12.7 Å². The molecule has 1 amide bonds. The Kier molecular flexibility index (Phi) is 6.42. The van der Waals surface area contributed by atoms with E-state index in [1.165, 1.54) is 38.3 Å². The summed E-state index contributed by atoms with van der Waals surface area (Å²) in [6.45, 7) is 2.40. The van der Waals surface area contributed by atoms with Gasteiger partial charge in [-0.3, -0.25) is 14.4 Å². The number of hydrogen-bond donors (Lipinski definition) is 0. The van der Waals surface area contributed by atoms with Crippen LogP contribution >= 0.6 is 0 Å². The van der Waals surface area contributed by atoms with Gasteiger partial charge in [0.15, 0.2) is 5.78 Å². The van der Waals surface area contributed by atoms with Gasteiger partial charge in [0.25, 0.3) is 5.91 Å². The first-order valence-corrected chi connectivity index (χ1v) is 9.66. The van der Waals surface area contributed by atoms with Crippen molar-refractivity contribution in [3.8, 4) is 5.75 Å². The molecular weight excluding hydrogens is 373 g/mol. The van der Waals surface area contributed by atoms with Crippen molar-refractivity contribution < 1.29 is 23.5 Å². The van der Waals surface area contributed by atoms with Gasteiger partial charge in [0, 0.05) is 25.6 Å². The number of halogens is 1. The summed E-state index contributed by atoms with van der Waals surface area (Å²) >= 11 is 0. The summed E-state index contributed by atoms with van der Waals surface area (Å²) < 4.78 is 18.3. The Morgan fingerprint density at radius 1 is 1.07 bits per heavy atom. The molecule has 3 rings (SSSR count). The van der Waals surface area contributed by atoms with Crippen molar-refractivity contribution in [3.63, 3.8) is 0 Å². The van der Waals surface area contributed by atoms with Crippen molar-refractivity contribution in [2.45, 2.75) is 26.2 Å². The quantitative estimate of drug-likeness (QED) is 0.551. The molecule has 6 heteroatoms. The van der Waals surface area contributed by atoms with Crippen LogP contribution in [0, 0.1) is 11.7 Å². The van der Waals surface area contributed by atoms with Crippen LogP contribution in [0.25, 0.3) is 0 Å². The third-order valence-corrected chi connectivity index (χ3v) is 5.35. The second kappa shape index (κ2) is 8.99. The number of benzene rings is 2. The van der Waals surface area contributed by atoms with Crippen molar-refractivity contribution >= 4 is 17.5 Å². The first-order chi connectivity index (χ1) is 13.9. The first-order valence-electron chi connectivity index (χ1n) is 9.66. The Hall–Kier alpha value is -3.02. The zero-order chi connectivity index (χ0) is 21.0. The van der Waals surface area contributed by atoms with E-state index in [1.807, 2.05) is 0 Å². The van der Waals surface area contributed by atoms with Gasteiger partial charge in [-0.25, -0.2) is 4.39 Å². The van der Waals surface area contributed by atoms with Crippen molar-refractivity contribution in [3.05, 3.63) is 65.0 Å². The smallest absolute Gasteiger partial charge is 0.257 e. The number of nitrogens with zero attached hydrogens (tertiary/aromatic N) is 1. The fourth-order valence-corrected chi connectivity index (χ4v) is 3.68. The van der Waals surface area contributed by atoms with Gasteiger partial charge in [-0.1, -0.05) is 12.1 Å². The van der Waals surface area contributed by atoms with Gasteiger partial charge < -0.3 is 9.64 Å². The molecule has 0 unspecified atom stereocenters. The van der Waals surface area contributed by atoms with Crippen molar-refractivity contribution in [2.24, 2.45) is 5.92 Å². The zero-order valence-electron chi connectivity index (χ0n) is 16.6. The maximum absolute atomic E-state index is 13.1. The molecule has 5 nitrogen and oxygen atoms in total. The summed E-state index contributed by atoms with van der Waals surface area (Å²) in [5.74, 6) is -0.843. The summed E-state index contributed by atoms with van der Waals surface area (Å²) in [5.41, 5.74) is 1.57. The van der Waals surface area contributed by atoms with Crippen LogP contribution in [0.1, 0.15) is 46.0 Å². The van der Waals surface area contributed by atoms with Crippen LogP contribution in [0.15, 0.2) is 42.5 Å². The molecule has 1 heterocycles. The number of methoxy groups -OCH3 is 1. The molecule has 0 aliphatic carbocycles. The number of carbonyl (C=O) groups is 3. The lowest BCUT2D eigenvalue weighted by molar-refractivity contribution is -0.113. The van der Waals surface area contributed by atoms with Gasteiger partial charge in [-0.05, 0) is 61.1 Å². The van der Waals surface area contributed by atoms with Gasteiger partial charge in [0.1, 0.15) is 11.6 Å². The maximum Gasteiger partial charge on any atom is 0.257 e. The molecule has 1 saturated heterocycles. The summed E-state index contributed by atoms with van der Waals surface area (Å²) in [6.07, 6.45) is 2.54. The van der Waals surface area contributed by atoms with E-state index in [4.69, 9.17) is 4.74 Å². The topological polar surface area (TPSA) is 63.7 Å². The molecule has 2 aromatic carbocycles. The maximum atomic E-state index is 13.1. The highest BCUT2D eigenvalue weighted by Crippen LogP contribution is 2.26. The van der Waals surface area contributed by atoms with Gasteiger partial charge >= 0.3 is 0 Å². The summed E-state index contributed by atoms with van der Waals surface area (Å²) in [7, 11) is 1.47. The molecule has 0 spiro atoms. The van der Waals surface area contributed by atoms with E-state index in [-0.39, 0.29) is 22.9 Å². The van der Waals surface area contributed by atoms with Gasteiger partial charge in [-0.2, -0.15) is 0 Å². The molecule has 1 aliphatic rings. The molecule has 1 fully saturated rings. The molecule has 29 heavy (non-hydrogen) atoms. The fourth-order valence-electron chi connectivity index (χ4n) is 3.68. The molecule has 0 bridgehead atoms. The highest BCUT2D eigenvalue weighted by atomic mass is 19.1. The number of Topliss-reactive ketones (excluding diaryl/α,β-unsaturated/α-hetero) is 2. The average molecular weight is 397 g/mol. The Morgan fingerprint density at radius 3 is 2.31 bits per heavy atom. The minimum absolute atomic E-state index is 0.188. The lowest BCUT2D eigenvalue weighted by Gasteiger charge is -2.32. The third-order valence-electron chi connectivity index (χ3n) is 5.35. The van der Waals surface area contributed by atoms with E-state index in [2.05, 4.69) is 0 Å². The van der Waals surface area contributed by atoms with Crippen LogP contribution < -0.4 is 4.74 Å². The molecule has 1 aliphatic heterocycles. The number of hydrogen-bond acceptors (Lipinski definition) is 4. The van der Waals surface area contributed by atoms with Crippen LogP contribution in [-0.4, -0.2) is 42.6 Å². The number of ketones is 2. The SMILES string of the molecule is COc1ccc(C(=O)C(C)=O)cc1C(=O)N1CCC(Cc2ccc(F)cc2)CC1. The molecule has 0 radical (unpaired) electrons. The third kappa shape index (κ3) is 4.88. The van der Waals surface area contributed by atoms with Crippen LogP contribution in [0.3, 0.4) is 0 Å². The normalized spacial score (nSPS) is 14.5. The predicted octanol–water partition coefficient (Wildman–Crippen LogP) is 3.70. The first kappa shape index (κ1) is 20.7. The Labute approximate surface area is 169 Å². The van der Waals surface area contributed by atoms with E-state index in [0.717, 1.165) is 24.8 Å². The molecule has 0 aromatic heterocycles. The Balaban J connectivity index is 1.68. The second-order valence-corrected chi connectivity index (χ2v) is 7.37. The number of amides is 1. The number of rotatable bonds is 6. The largest absolute Gasteiger partial charge is 0.496 e. The molecule has 2 aromatic rings. The van der Waals surface area contributed by atoms with E-state index in [1.54, 1.807) is 23.1 Å². The predicted molar refractivity (Wildman–Crippen MR) is 107 cm³/mol. The monoisotopic (exact) mass is 397 g/mol. The van der Waals surface area contributed by atoms with E-state index in [0.29, 0.717) is 24.8 Å². The molecule has 0 saturated carbocycles. The van der Waals surface area contributed by atoms with Crippen LogP contribution in [-0.2, 0) is 11.2 Å². The zero-order valence-corrected chi connectivity index (χ0v) is 16.6. The lowest BCUT2D eigenvalue weighted by atomic mass is 9.90. The van der Waals surface area contributed by atoms with Crippen molar-refractivity contribution in [1.82, 2.24) is 4.90 Å². The minimum atomic E-state index is -0.625. The Morgan fingerprint density at radius 2 is 1.72 bits per heavy atom. The van der Waals surface area contributed by atoms with Crippen LogP contribution in [0.5, 0.6) is 5.75 Å². The number of likely N-dealkylation sites (tertiary alicyclic amines) is 1. The molecule has 152 valence electrons. The average Bonchev–Trinajstić information content (AvgIpc) is 2.74. The number of piperidine rings is 1. The van der Waals surface area contributed by atoms with Crippen LogP contribution in [0.4, 0.5) is 4.39 Å². The summed E-state index contributed by atoms with van der Waals surface area (Å²) in [6, 6.07) is 11.0. The lowest BCUT2D eigenvalue weighted by Crippen LogP contribution is -2.39. The van der Waals surface area contributed by atoms with E-state index in [9.17, 15) is 18.8 Å². The fraction of sp³-hybridized carbons (Fsp3) is 0.348. The summed E-state index contributed by atoms with van der Waals surface area (Å²) in [4.78, 5) is 38.2. The van der Waals surface area contributed by atoms with Crippen molar-refractivity contribution in [2.75, 3.05) is 20.2 Å². The highest BCUT2D eigenvalue weighted by molar-refractivity contribution is 6.43. The van der Waals surface area contributed by atoms with Gasteiger partial charge in [0.2, 0.25) is 5.78 Å². The number of carbonyl (C=O) groups excluding carboxylic acids is 3. The Bertz CT molecular complexity index is 915. The minimum Gasteiger partial charge on any atom is -0.496 e. The van der Waals surface area contributed by atoms with Gasteiger partial charge in [-0.15, -0.1) is 0 Å². The highest BCUT2D eigenvalue weighted by Gasteiger charge is 2.26. The van der Waals surface area contributed by atoms with Crippen molar-refractivity contribution in [1.29, 1.82) is 0 Å². The standard InChI is InChI=1S/C23H24FNO4/c1-15(26)22(27)18-5-8-21(29-2)20(14-18)23(28)25-11-9-17(10-12-25)13-16-3-6-19(24)7-4-16/h3-8,14,17H,9-13H2,1-2H3. The number of ether oxygens (including phenoxy) is 1. The summed E-state index contributed by atoms with van der Waals surface area (Å²) in [5, 5.41) is 0. The van der Waals surface area contributed by atoms with E-state index >= 15 is 0 Å². The second-order valence-electron chi connectivity index (χ2n) is 7.37. The van der Waals surface area contributed by atoms with Crippen LogP contribution in [0.2, 0.25) is 0 Å².